The molecule has 0 bridgehead atoms. The third kappa shape index (κ3) is 5.98. The zero-order chi connectivity index (χ0) is 7.11. The first-order chi connectivity index (χ1) is 4.31. The minimum absolute atomic E-state index is 0.0696. The third-order valence-electron chi connectivity index (χ3n) is 0.947. The topological polar surface area (TPSA) is 38.7 Å². The van der Waals surface area contributed by atoms with Gasteiger partial charge in [-0.05, 0) is 0 Å². The molecule has 0 spiro atoms. The van der Waals surface area contributed by atoms with Crippen molar-refractivity contribution in [3.63, 3.8) is 0 Å². The quantitative estimate of drug-likeness (QED) is 0.376. The fraction of sp³-hybridized carbons (Fsp3) is 1.00. The van der Waals surface area contributed by atoms with E-state index in [1.54, 1.807) is 7.11 Å². The molecule has 0 saturated carbocycles. The van der Waals surface area contributed by atoms with E-state index in [1.807, 2.05) is 0 Å². The molecule has 0 aliphatic carbocycles. The summed E-state index contributed by atoms with van der Waals surface area (Å²) in [6, 6.07) is 0. The van der Waals surface area contributed by atoms with E-state index in [0.717, 1.165) is 10.2 Å². The molecule has 0 aromatic carbocycles. The standard InChI is InChI=1S/C5H14O3Si/c1-7-2-3-8-5(9)4-6/h5-6H,2-4H2,1,9H3. The van der Waals surface area contributed by atoms with Crippen molar-refractivity contribution in [1.82, 2.24) is 0 Å². The first kappa shape index (κ1) is 9.10. The third-order valence-corrected chi connectivity index (χ3v) is 1.65. The van der Waals surface area contributed by atoms with Crippen molar-refractivity contribution < 1.29 is 14.6 Å². The SMILES string of the molecule is COCCOC([SiH3])CO. The molecule has 1 unspecified atom stereocenters. The number of methoxy groups -OCH3 is 1. The Kier molecular flexibility index (Phi) is 6.29. The van der Waals surface area contributed by atoms with Crippen LogP contribution in [0.1, 0.15) is 0 Å². The summed E-state index contributed by atoms with van der Waals surface area (Å²) in [5.41, 5.74) is 0.0696. The molecule has 0 saturated heterocycles. The fourth-order valence-electron chi connectivity index (χ4n) is 0.385. The Morgan fingerprint density at radius 2 is 2.22 bits per heavy atom. The van der Waals surface area contributed by atoms with Crippen LogP contribution in [0.25, 0.3) is 0 Å². The van der Waals surface area contributed by atoms with Crippen LogP contribution < -0.4 is 0 Å². The number of hydrogen-bond acceptors (Lipinski definition) is 3. The number of hydrogen-bond donors (Lipinski definition) is 1. The second-order valence-corrected chi connectivity index (χ2v) is 3.14. The minimum Gasteiger partial charge on any atom is -0.394 e. The zero-order valence-electron chi connectivity index (χ0n) is 5.96. The van der Waals surface area contributed by atoms with E-state index in [-0.39, 0.29) is 12.3 Å². The highest BCUT2D eigenvalue weighted by atomic mass is 28.1. The Morgan fingerprint density at radius 3 is 2.67 bits per heavy atom. The molecule has 9 heavy (non-hydrogen) atoms. The van der Waals surface area contributed by atoms with Gasteiger partial charge in [0.15, 0.2) is 0 Å². The van der Waals surface area contributed by atoms with E-state index in [9.17, 15) is 0 Å². The lowest BCUT2D eigenvalue weighted by molar-refractivity contribution is 0.0289. The van der Waals surface area contributed by atoms with Gasteiger partial charge in [-0.15, -0.1) is 0 Å². The lowest BCUT2D eigenvalue weighted by Gasteiger charge is -2.08. The molecule has 56 valence electrons. The molecule has 0 amide bonds. The summed E-state index contributed by atoms with van der Waals surface area (Å²) in [6.45, 7) is 1.33. The summed E-state index contributed by atoms with van der Waals surface area (Å²) in [5.74, 6) is 0. The smallest absolute Gasteiger partial charge is 0.0700 e. The Balaban J connectivity index is 2.88. The summed E-state index contributed by atoms with van der Waals surface area (Å²) in [5, 5.41) is 8.50. The number of ether oxygens (including phenoxy) is 2. The van der Waals surface area contributed by atoms with Crippen LogP contribution in [0.5, 0.6) is 0 Å². The van der Waals surface area contributed by atoms with Gasteiger partial charge in [0, 0.05) is 17.4 Å². The zero-order valence-corrected chi connectivity index (χ0v) is 7.96. The van der Waals surface area contributed by atoms with Gasteiger partial charge in [-0.3, -0.25) is 0 Å². The summed E-state index contributed by atoms with van der Waals surface area (Å²) >= 11 is 0. The molecule has 0 fully saturated rings. The lowest BCUT2D eigenvalue weighted by atomic mass is 10.7. The van der Waals surface area contributed by atoms with Gasteiger partial charge in [0.1, 0.15) is 0 Å². The van der Waals surface area contributed by atoms with Crippen LogP contribution in [-0.2, 0) is 9.47 Å². The predicted octanol–water partition coefficient (Wildman–Crippen LogP) is -1.67. The minimum atomic E-state index is 0.0696. The normalized spacial score (nSPS) is 14.0. The number of rotatable bonds is 5. The van der Waals surface area contributed by atoms with Gasteiger partial charge in [-0.25, -0.2) is 0 Å². The molecule has 0 aliphatic heterocycles. The highest BCUT2D eigenvalue weighted by Gasteiger charge is 1.96. The van der Waals surface area contributed by atoms with E-state index >= 15 is 0 Å². The lowest BCUT2D eigenvalue weighted by Crippen LogP contribution is -2.19. The van der Waals surface area contributed by atoms with Crippen LogP contribution in [0, 0.1) is 0 Å². The molecule has 4 heteroatoms. The van der Waals surface area contributed by atoms with Gasteiger partial charge < -0.3 is 14.6 Å². The summed E-state index contributed by atoms with van der Waals surface area (Å²) in [4.78, 5) is 0. The number of aliphatic hydroxyl groups is 1. The van der Waals surface area contributed by atoms with Crippen molar-refractivity contribution in [1.29, 1.82) is 0 Å². The monoisotopic (exact) mass is 150 g/mol. The van der Waals surface area contributed by atoms with E-state index < -0.39 is 0 Å². The molecular formula is C5H14O3Si. The maximum Gasteiger partial charge on any atom is 0.0700 e. The average molecular weight is 150 g/mol. The van der Waals surface area contributed by atoms with Crippen LogP contribution in [0.4, 0.5) is 0 Å². The van der Waals surface area contributed by atoms with E-state index in [1.165, 1.54) is 0 Å². The molecule has 0 aromatic rings. The molecule has 3 nitrogen and oxygen atoms in total. The van der Waals surface area contributed by atoms with Crippen molar-refractivity contribution in [2.75, 3.05) is 26.9 Å². The van der Waals surface area contributed by atoms with E-state index in [4.69, 9.17) is 14.6 Å². The summed E-state index contributed by atoms with van der Waals surface area (Å²) < 4.78 is 9.86. The Hall–Kier alpha value is 0.0969. The molecular weight excluding hydrogens is 136 g/mol. The average Bonchev–Trinajstić information content (AvgIpc) is 1.89. The highest BCUT2D eigenvalue weighted by Crippen LogP contribution is 1.82. The van der Waals surface area contributed by atoms with Gasteiger partial charge in [0.05, 0.1) is 25.5 Å². The second kappa shape index (κ2) is 6.22. The molecule has 0 radical (unpaired) electrons. The van der Waals surface area contributed by atoms with Crippen molar-refractivity contribution in [2.24, 2.45) is 0 Å². The summed E-state index contributed by atoms with van der Waals surface area (Å²) in [6.07, 6.45) is 0. The molecule has 1 N–H and O–H groups in total. The first-order valence-electron chi connectivity index (χ1n) is 3.02. The first-order valence-corrected chi connectivity index (χ1v) is 4.18. The second-order valence-electron chi connectivity index (χ2n) is 1.86. The maximum atomic E-state index is 8.50. The summed E-state index contributed by atoms with van der Waals surface area (Å²) in [7, 11) is 2.51. The van der Waals surface area contributed by atoms with Crippen LogP contribution in [0.2, 0.25) is 0 Å². The van der Waals surface area contributed by atoms with Gasteiger partial charge in [0.25, 0.3) is 0 Å². The Bertz CT molecular complexity index is 60.2. The van der Waals surface area contributed by atoms with Crippen LogP contribution >= 0.6 is 0 Å². The van der Waals surface area contributed by atoms with Crippen LogP contribution in [0.3, 0.4) is 0 Å². The van der Waals surface area contributed by atoms with Gasteiger partial charge >= 0.3 is 0 Å². The van der Waals surface area contributed by atoms with Crippen molar-refractivity contribution in [3.05, 3.63) is 0 Å². The number of aliphatic hydroxyl groups excluding tert-OH is 1. The van der Waals surface area contributed by atoms with Gasteiger partial charge in [-0.1, -0.05) is 0 Å². The molecule has 0 rings (SSSR count). The molecule has 0 aliphatic rings. The Labute approximate surface area is 58.4 Å². The molecule has 1 atom stereocenters. The van der Waals surface area contributed by atoms with E-state index in [0.29, 0.717) is 13.2 Å². The fourth-order valence-corrected chi connectivity index (χ4v) is 0.621. The Morgan fingerprint density at radius 1 is 1.56 bits per heavy atom. The van der Waals surface area contributed by atoms with Crippen LogP contribution in [0.15, 0.2) is 0 Å². The largest absolute Gasteiger partial charge is 0.394 e. The van der Waals surface area contributed by atoms with E-state index in [2.05, 4.69) is 0 Å². The molecule has 0 aromatic heterocycles. The molecule has 0 heterocycles. The predicted molar refractivity (Wildman–Crippen MR) is 38.6 cm³/mol. The van der Waals surface area contributed by atoms with Crippen LogP contribution in [-0.4, -0.2) is 48.0 Å². The van der Waals surface area contributed by atoms with Crippen molar-refractivity contribution >= 4 is 10.2 Å². The van der Waals surface area contributed by atoms with Gasteiger partial charge in [0.2, 0.25) is 0 Å². The maximum absolute atomic E-state index is 8.50. The van der Waals surface area contributed by atoms with Crippen molar-refractivity contribution in [3.8, 4) is 0 Å². The van der Waals surface area contributed by atoms with Gasteiger partial charge in [-0.2, -0.15) is 0 Å². The van der Waals surface area contributed by atoms with Crippen molar-refractivity contribution in [2.45, 2.75) is 5.73 Å². The highest BCUT2D eigenvalue weighted by molar-refractivity contribution is 6.11.